The van der Waals surface area contributed by atoms with Crippen LogP contribution in [0.5, 0.6) is 0 Å². The molecule has 23 heavy (non-hydrogen) atoms. The van der Waals surface area contributed by atoms with Crippen molar-refractivity contribution in [2.75, 3.05) is 12.4 Å². The smallest absolute Gasteiger partial charge is 0.356 e. The first-order valence-corrected chi connectivity index (χ1v) is 7.86. The highest BCUT2D eigenvalue weighted by Gasteiger charge is 2.30. The van der Waals surface area contributed by atoms with E-state index in [-0.39, 0.29) is 24.0 Å². The van der Waals surface area contributed by atoms with Gasteiger partial charge in [0.15, 0.2) is 5.69 Å². The topological polar surface area (TPSA) is 75.4 Å². The number of amides is 1. The Morgan fingerprint density at radius 3 is 2.57 bits per heavy atom. The molecule has 1 aromatic heterocycles. The molecule has 0 saturated heterocycles. The molecule has 1 aromatic carbocycles. The zero-order chi connectivity index (χ0) is 16.6. The lowest BCUT2D eigenvalue weighted by atomic mass is 10.0. The van der Waals surface area contributed by atoms with Crippen LogP contribution in [0.4, 0.5) is 0 Å². The van der Waals surface area contributed by atoms with Crippen molar-refractivity contribution < 1.29 is 14.7 Å². The van der Waals surface area contributed by atoms with Gasteiger partial charge in [0.2, 0.25) is 5.91 Å². The summed E-state index contributed by atoms with van der Waals surface area (Å²) in [5, 5.41) is 14.2. The lowest BCUT2D eigenvalue weighted by Crippen LogP contribution is -2.37. The normalized spacial score (nSPS) is 13.7. The second-order valence-corrected chi connectivity index (χ2v) is 5.87. The zero-order valence-electron chi connectivity index (χ0n) is 12.0. The summed E-state index contributed by atoms with van der Waals surface area (Å²) in [5.74, 6) is -1.45. The SMILES string of the molecule is O=C(O)c1nn(-c2ccc(Cl)cc2)c2c1CN(C(=O)CCl)CC2. The standard InChI is InChI=1S/C15H13Cl2N3O3/c16-7-13(21)19-6-5-12-11(8-19)14(15(22)23)18-20(12)10-3-1-9(17)2-4-10/h1-4H,5-8H2,(H,22,23). The van der Waals surface area contributed by atoms with Crippen molar-refractivity contribution in [1.82, 2.24) is 14.7 Å². The predicted molar refractivity (Wildman–Crippen MR) is 85.4 cm³/mol. The lowest BCUT2D eigenvalue weighted by Gasteiger charge is -2.27. The van der Waals surface area contributed by atoms with Gasteiger partial charge in [-0.15, -0.1) is 11.6 Å². The lowest BCUT2D eigenvalue weighted by molar-refractivity contribution is -0.129. The van der Waals surface area contributed by atoms with Gasteiger partial charge in [0, 0.05) is 30.1 Å². The first kappa shape index (κ1) is 15.8. The molecule has 0 atom stereocenters. The molecule has 1 aliphatic rings. The van der Waals surface area contributed by atoms with E-state index in [1.54, 1.807) is 33.8 Å². The van der Waals surface area contributed by atoms with Gasteiger partial charge >= 0.3 is 5.97 Å². The Balaban J connectivity index is 2.06. The highest BCUT2D eigenvalue weighted by molar-refractivity contribution is 6.30. The summed E-state index contributed by atoms with van der Waals surface area (Å²) in [5.41, 5.74) is 2.04. The molecule has 0 bridgehead atoms. The third kappa shape index (κ3) is 2.92. The molecular formula is C15H13Cl2N3O3. The van der Waals surface area contributed by atoms with Crippen molar-refractivity contribution in [3.8, 4) is 5.69 Å². The molecular weight excluding hydrogens is 341 g/mol. The van der Waals surface area contributed by atoms with Crippen LogP contribution in [0.2, 0.25) is 5.02 Å². The molecule has 2 heterocycles. The van der Waals surface area contributed by atoms with Crippen LogP contribution in [0, 0.1) is 0 Å². The number of hydrogen-bond donors (Lipinski definition) is 1. The van der Waals surface area contributed by atoms with E-state index in [0.717, 1.165) is 11.4 Å². The Kier molecular flexibility index (Phi) is 4.28. The number of rotatable bonds is 3. The van der Waals surface area contributed by atoms with Gasteiger partial charge in [-0.2, -0.15) is 5.10 Å². The summed E-state index contributed by atoms with van der Waals surface area (Å²) in [4.78, 5) is 24.8. The Bertz CT molecular complexity index is 771. The maximum Gasteiger partial charge on any atom is 0.356 e. The number of benzene rings is 1. The Morgan fingerprint density at radius 1 is 1.26 bits per heavy atom. The van der Waals surface area contributed by atoms with Crippen molar-refractivity contribution in [2.45, 2.75) is 13.0 Å². The van der Waals surface area contributed by atoms with Crippen molar-refractivity contribution in [3.63, 3.8) is 0 Å². The van der Waals surface area contributed by atoms with E-state index in [2.05, 4.69) is 5.10 Å². The summed E-state index contributed by atoms with van der Waals surface area (Å²) in [6.45, 7) is 0.688. The minimum Gasteiger partial charge on any atom is -0.476 e. The van der Waals surface area contributed by atoms with Crippen LogP contribution in [-0.4, -0.2) is 44.1 Å². The van der Waals surface area contributed by atoms with E-state index in [9.17, 15) is 14.7 Å². The number of carbonyl (C=O) groups excluding carboxylic acids is 1. The molecule has 0 radical (unpaired) electrons. The highest BCUT2D eigenvalue weighted by Crippen LogP contribution is 2.26. The minimum atomic E-state index is -1.12. The molecule has 0 saturated carbocycles. The third-order valence-electron chi connectivity index (χ3n) is 3.80. The zero-order valence-corrected chi connectivity index (χ0v) is 13.5. The Morgan fingerprint density at radius 2 is 1.96 bits per heavy atom. The van der Waals surface area contributed by atoms with Crippen LogP contribution >= 0.6 is 23.2 Å². The fourth-order valence-electron chi connectivity index (χ4n) is 2.68. The summed E-state index contributed by atoms with van der Waals surface area (Å²) >= 11 is 11.5. The average molecular weight is 354 g/mol. The van der Waals surface area contributed by atoms with E-state index in [4.69, 9.17) is 23.2 Å². The molecule has 0 aliphatic carbocycles. The largest absolute Gasteiger partial charge is 0.476 e. The van der Waals surface area contributed by atoms with Crippen LogP contribution < -0.4 is 0 Å². The van der Waals surface area contributed by atoms with Crippen molar-refractivity contribution in [3.05, 3.63) is 46.2 Å². The molecule has 2 aromatic rings. The Hall–Kier alpha value is -2.05. The van der Waals surface area contributed by atoms with Crippen LogP contribution in [0.15, 0.2) is 24.3 Å². The van der Waals surface area contributed by atoms with E-state index in [0.29, 0.717) is 23.6 Å². The van der Waals surface area contributed by atoms with E-state index in [1.165, 1.54) is 0 Å². The minimum absolute atomic E-state index is 0.0398. The number of carboxylic acid groups (broad SMARTS) is 1. The van der Waals surface area contributed by atoms with Gasteiger partial charge in [0.1, 0.15) is 5.88 Å². The van der Waals surface area contributed by atoms with Gasteiger partial charge in [0.05, 0.1) is 11.4 Å². The van der Waals surface area contributed by atoms with Crippen molar-refractivity contribution in [2.24, 2.45) is 0 Å². The number of halogens is 2. The quantitative estimate of drug-likeness (QED) is 0.859. The molecule has 3 rings (SSSR count). The van der Waals surface area contributed by atoms with Crippen LogP contribution in [0.3, 0.4) is 0 Å². The van der Waals surface area contributed by atoms with E-state index in [1.807, 2.05) is 0 Å². The first-order chi connectivity index (χ1) is 11.0. The van der Waals surface area contributed by atoms with E-state index >= 15 is 0 Å². The van der Waals surface area contributed by atoms with Crippen LogP contribution in [0.25, 0.3) is 5.69 Å². The number of carboxylic acids is 1. The predicted octanol–water partition coefficient (Wildman–Crippen LogP) is 2.35. The van der Waals surface area contributed by atoms with Gasteiger partial charge in [-0.05, 0) is 24.3 Å². The molecule has 0 spiro atoms. The summed E-state index contributed by atoms with van der Waals surface area (Å²) in [7, 11) is 0. The van der Waals surface area contributed by atoms with Crippen molar-refractivity contribution >= 4 is 35.1 Å². The maximum atomic E-state index is 11.8. The fraction of sp³-hybridized carbons (Fsp3) is 0.267. The third-order valence-corrected chi connectivity index (χ3v) is 4.28. The number of fused-ring (bicyclic) bond motifs is 1. The summed E-state index contributed by atoms with van der Waals surface area (Å²) in [6, 6.07) is 6.99. The highest BCUT2D eigenvalue weighted by atomic mass is 35.5. The van der Waals surface area contributed by atoms with Gasteiger partial charge in [-0.25, -0.2) is 9.48 Å². The second-order valence-electron chi connectivity index (χ2n) is 5.17. The van der Waals surface area contributed by atoms with Crippen LogP contribution in [0.1, 0.15) is 21.7 Å². The van der Waals surface area contributed by atoms with Gasteiger partial charge in [-0.3, -0.25) is 4.79 Å². The molecule has 1 aliphatic heterocycles. The number of aromatic carboxylic acids is 1. The summed E-state index contributed by atoms with van der Waals surface area (Å²) in [6.07, 6.45) is 0.515. The molecule has 1 N–H and O–H groups in total. The fourth-order valence-corrected chi connectivity index (χ4v) is 2.98. The molecule has 8 heteroatoms. The number of nitrogens with zero attached hydrogens (tertiary/aromatic N) is 3. The average Bonchev–Trinajstić information content (AvgIpc) is 2.93. The number of carbonyl (C=O) groups is 2. The molecule has 120 valence electrons. The summed E-state index contributed by atoms with van der Waals surface area (Å²) < 4.78 is 1.61. The number of aromatic nitrogens is 2. The van der Waals surface area contributed by atoms with Crippen LogP contribution in [-0.2, 0) is 17.8 Å². The Labute approximate surface area is 142 Å². The number of hydrogen-bond acceptors (Lipinski definition) is 3. The van der Waals surface area contributed by atoms with Gasteiger partial charge in [-0.1, -0.05) is 11.6 Å². The number of alkyl halides is 1. The second kappa shape index (κ2) is 6.22. The van der Waals surface area contributed by atoms with Gasteiger partial charge in [0.25, 0.3) is 0 Å². The molecule has 6 nitrogen and oxygen atoms in total. The van der Waals surface area contributed by atoms with E-state index < -0.39 is 5.97 Å². The van der Waals surface area contributed by atoms with Crippen molar-refractivity contribution in [1.29, 1.82) is 0 Å². The monoisotopic (exact) mass is 353 g/mol. The van der Waals surface area contributed by atoms with Gasteiger partial charge < -0.3 is 10.0 Å². The molecule has 1 amide bonds. The molecule has 0 fully saturated rings. The molecule has 0 unspecified atom stereocenters. The maximum absolute atomic E-state index is 11.8. The first-order valence-electron chi connectivity index (χ1n) is 6.95.